The maximum atomic E-state index is 12.1. The Kier molecular flexibility index (Phi) is 4.57. The standard InChI is InChI=1S/C15H14N2O5/c1-21-13-8-11(12(17(19)20)9-14(13)22-2)16-15(18)10-6-4-3-5-7-10/h3-9H,1-2H3,(H,16,18). The van der Waals surface area contributed by atoms with Crippen LogP contribution in [0.4, 0.5) is 11.4 Å². The molecule has 0 fully saturated rings. The fraction of sp³-hybridized carbons (Fsp3) is 0.133. The summed E-state index contributed by atoms with van der Waals surface area (Å²) in [6.45, 7) is 0. The summed E-state index contributed by atoms with van der Waals surface area (Å²) in [6.07, 6.45) is 0. The first-order valence-electron chi connectivity index (χ1n) is 6.33. The Bertz CT molecular complexity index is 701. The first-order valence-corrected chi connectivity index (χ1v) is 6.33. The van der Waals surface area contributed by atoms with Crippen molar-refractivity contribution in [2.24, 2.45) is 0 Å². The van der Waals surface area contributed by atoms with Crippen LogP contribution < -0.4 is 14.8 Å². The first-order chi connectivity index (χ1) is 10.6. The molecule has 0 radical (unpaired) electrons. The molecular weight excluding hydrogens is 288 g/mol. The van der Waals surface area contributed by atoms with Crippen LogP contribution in [0.1, 0.15) is 10.4 Å². The van der Waals surface area contributed by atoms with Crippen LogP contribution in [0.25, 0.3) is 0 Å². The topological polar surface area (TPSA) is 90.7 Å². The van der Waals surface area contributed by atoms with Crippen LogP contribution in [0.15, 0.2) is 42.5 Å². The molecule has 0 saturated carbocycles. The van der Waals surface area contributed by atoms with Gasteiger partial charge in [0.25, 0.3) is 11.6 Å². The average molecular weight is 302 g/mol. The minimum Gasteiger partial charge on any atom is -0.493 e. The summed E-state index contributed by atoms with van der Waals surface area (Å²) < 4.78 is 10.1. The number of nitrogens with zero attached hydrogens (tertiary/aromatic N) is 1. The van der Waals surface area contributed by atoms with Crippen molar-refractivity contribution in [3.63, 3.8) is 0 Å². The monoisotopic (exact) mass is 302 g/mol. The molecule has 0 aliphatic carbocycles. The summed E-state index contributed by atoms with van der Waals surface area (Å²) in [5.41, 5.74) is 0.157. The van der Waals surface area contributed by atoms with E-state index in [0.29, 0.717) is 5.56 Å². The van der Waals surface area contributed by atoms with Crippen LogP contribution in [0.2, 0.25) is 0 Å². The zero-order chi connectivity index (χ0) is 16.1. The molecule has 7 heteroatoms. The number of nitro groups is 1. The van der Waals surface area contributed by atoms with Crippen molar-refractivity contribution in [1.82, 2.24) is 0 Å². The minimum atomic E-state index is -0.595. The summed E-state index contributed by atoms with van der Waals surface area (Å²) in [7, 11) is 2.79. The van der Waals surface area contributed by atoms with Gasteiger partial charge in [0.05, 0.1) is 25.2 Å². The molecule has 1 amide bonds. The van der Waals surface area contributed by atoms with Gasteiger partial charge in [-0.25, -0.2) is 0 Å². The van der Waals surface area contributed by atoms with Crippen LogP contribution >= 0.6 is 0 Å². The van der Waals surface area contributed by atoms with Gasteiger partial charge in [0.1, 0.15) is 5.69 Å². The third-order valence-electron chi connectivity index (χ3n) is 2.98. The predicted molar refractivity (Wildman–Crippen MR) is 80.6 cm³/mol. The van der Waals surface area contributed by atoms with E-state index < -0.39 is 10.8 Å². The van der Waals surface area contributed by atoms with Crippen molar-refractivity contribution in [3.8, 4) is 11.5 Å². The zero-order valence-corrected chi connectivity index (χ0v) is 12.0. The van der Waals surface area contributed by atoms with Crippen molar-refractivity contribution in [2.45, 2.75) is 0 Å². The maximum absolute atomic E-state index is 12.1. The Morgan fingerprint density at radius 2 is 1.68 bits per heavy atom. The number of anilines is 1. The number of ether oxygens (including phenoxy) is 2. The molecule has 114 valence electrons. The Labute approximate surface area is 126 Å². The highest BCUT2D eigenvalue weighted by molar-refractivity contribution is 6.05. The molecule has 2 rings (SSSR count). The third kappa shape index (κ3) is 3.14. The van der Waals surface area contributed by atoms with Gasteiger partial charge in [-0.15, -0.1) is 0 Å². The average Bonchev–Trinajstić information content (AvgIpc) is 2.54. The van der Waals surface area contributed by atoms with Crippen molar-refractivity contribution < 1.29 is 19.2 Å². The van der Waals surface area contributed by atoms with Crippen LogP contribution in [0, 0.1) is 10.1 Å². The number of nitro benzene ring substituents is 1. The van der Waals surface area contributed by atoms with Gasteiger partial charge >= 0.3 is 0 Å². The quantitative estimate of drug-likeness (QED) is 0.677. The summed E-state index contributed by atoms with van der Waals surface area (Å²) >= 11 is 0. The molecule has 2 aromatic rings. The number of hydrogen-bond acceptors (Lipinski definition) is 5. The van der Waals surface area contributed by atoms with E-state index in [9.17, 15) is 14.9 Å². The normalized spacial score (nSPS) is 9.91. The van der Waals surface area contributed by atoms with Crippen LogP contribution in [-0.4, -0.2) is 25.1 Å². The summed E-state index contributed by atoms with van der Waals surface area (Å²) in [4.78, 5) is 22.7. The number of nitrogens with one attached hydrogen (secondary N) is 1. The lowest BCUT2D eigenvalue weighted by Crippen LogP contribution is -2.13. The second-order valence-corrected chi connectivity index (χ2v) is 4.30. The number of hydrogen-bond donors (Lipinski definition) is 1. The van der Waals surface area contributed by atoms with Crippen LogP contribution in [-0.2, 0) is 0 Å². The van der Waals surface area contributed by atoms with Crippen LogP contribution in [0.5, 0.6) is 11.5 Å². The lowest BCUT2D eigenvalue weighted by atomic mass is 10.2. The highest BCUT2D eigenvalue weighted by Gasteiger charge is 2.21. The maximum Gasteiger partial charge on any atom is 0.296 e. The van der Waals surface area contributed by atoms with Gasteiger partial charge in [-0.1, -0.05) is 18.2 Å². The predicted octanol–water partition coefficient (Wildman–Crippen LogP) is 2.86. The Hall–Kier alpha value is -3.09. The van der Waals surface area contributed by atoms with Crippen molar-refractivity contribution >= 4 is 17.3 Å². The third-order valence-corrected chi connectivity index (χ3v) is 2.98. The molecule has 0 spiro atoms. The second kappa shape index (κ2) is 6.57. The van der Waals surface area contributed by atoms with E-state index in [2.05, 4.69) is 5.32 Å². The van der Waals surface area contributed by atoms with Crippen molar-refractivity contribution in [1.29, 1.82) is 0 Å². The number of benzene rings is 2. The number of methoxy groups -OCH3 is 2. The second-order valence-electron chi connectivity index (χ2n) is 4.30. The molecule has 7 nitrogen and oxygen atoms in total. The van der Waals surface area contributed by atoms with E-state index >= 15 is 0 Å². The fourth-order valence-corrected chi connectivity index (χ4v) is 1.90. The Morgan fingerprint density at radius 1 is 1.09 bits per heavy atom. The molecule has 0 heterocycles. The van der Waals surface area contributed by atoms with Gasteiger partial charge in [0.15, 0.2) is 11.5 Å². The minimum absolute atomic E-state index is 0.0384. The zero-order valence-electron chi connectivity index (χ0n) is 12.0. The van der Waals surface area contributed by atoms with Gasteiger partial charge in [-0.3, -0.25) is 14.9 Å². The molecule has 0 aliphatic rings. The smallest absolute Gasteiger partial charge is 0.296 e. The number of carbonyl (C=O) groups is 1. The highest BCUT2D eigenvalue weighted by atomic mass is 16.6. The Balaban J connectivity index is 2.41. The van der Waals surface area contributed by atoms with Crippen LogP contribution in [0.3, 0.4) is 0 Å². The van der Waals surface area contributed by atoms with E-state index in [0.717, 1.165) is 0 Å². The number of carbonyl (C=O) groups excluding carboxylic acids is 1. The molecule has 2 aromatic carbocycles. The summed E-state index contributed by atoms with van der Waals surface area (Å²) in [6, 6.07) is 11.0. The molecule has 0 aromatic heterocycles. The van der Waals surface area contributed by atoms with E-state index in [1.54, 1.807) is 30.3 Å². The van der Waals surface area contributed by atoms with Gasteiger partial charge < -0.3 is 14.8 Å². The van der Waals surface area contributed by atoms with Gasteiger partial charge in [0.2, 0.25) is 0 Å². The van der Waals surface area contributed by atoms with E-state index in [1.807, 2.05) is 0 Å². The highest BCUT2D eigenvalue weighted by Crippen LogP contribution is 2.37. The molecule has 0 aliphatic heterocycles. The SMILES string of the molecule is COc1cc(NC(=O)c2ccccc2)c([N+](=O)[O-])cc1OC. The fourth-order valence-electron chi connectivity index (χ4n) is 1.90. The lowest BCUT2D eigenvalue weighted by Gasteiger charge is -2.11. The van der Waals surface area contributed by atoms with Gasteiger partial charge in [-0.05, 0) is 12.1 Å². The van der Waals surface area contributed by atoms with E-state index in [4.69, 9.17) is 9.47 Å². The Morgan fingerprint density at radius 3 is 2.23 bits per heavy atom. The molecule has 22 heavy (non-hydrogen) atoms. The van der Waals surface area contributed by atoms with Crippen molar-refractivity contribution in [2.75, 3.05) is 19.5 Å². The number of rotatable bonds is 5. The molecule has 1 N–H and O–H groups in total. The largest absolute Gasteiger partial charge is 0.493 e. The van der Waals surface area contributed by atoms with Gasteiger partial charge in [-0.2, -0.15) is 0 Å². The lowest BCUT2D eigenvalue weighted by molar-refractivity contribution is -0.384. The molecule has 0 unspecified atom stereocenters. The molecule has 0 saturated heterocycles. The molecule has 0 atom stereocenters. The summed E-state index contributed by atoms with van der Waals surface area (Å²) in [5.74, 6) is 0.0549. The van der Waals surface area contributed by atoms with Crippen molar-refractivity contribution in [3.05, 3.63) is 58.1 Å². The van der Waals surface area contributed by atoms with Gasteiger partial charge in [0, 0.05) is 11.6 Å². The van der Waals surface area contributed by atoms with E-state index in [1.165, 1.54) is 26.4 Å². The first kappa shape index (κ1) is 15.3. The molecular formula is C15H14N2O5. The summed E-state index contributed by atoms with van der Waals surface area (Å²) in [5, 5.41) is 13.7. The molecule has 0 bridgehead atoms. The van der Waals surface area contributed by atoms with E-state index in [-0.39, 0.29) is 22.9 Å². The number of amides is 1.